The van der Waals surface area contributed by atoms with Gasteiger partial charge in [0.05, 0.1) is 0 Å². The fourth-order valence-electron chi connectivity index (χ4n) is 3.12. The van der Waals surface area contributed by atoms with E-state index in [-0.39, 0.29) is 5.56 Å². The highest BCUT2D eigenvalue weighted by Crippen LogP contribution is 2.34. The molecule has 0 spiro atoms. The van der Waals surface area contributed by atoms with Crippen LogP contribution in [0.15, 0.2) is 35.3 Å². The number of rotatable bonds is 2. The van der Waals surface area contributed by atoms with Gasteiger partial charge in [0.15, 0.2) is 0 Å². The molecule has 0 radical (unpaired) electrons. The number of anilines is 1. The summed E-state index contributed by atoms with van der Waals surface area (Å²) >= 11 is 0. The Kier molecular flexibility index (Phi) is 3.13. The summed E-state index contributed by atoms with van der Waals surface area (Å²) in [6.45, 7) is 3.10. The van der Waals surface area contributed by atoms with Crippen LogP contribution in [0.3, 0.4) is 0 Å². The molecule has 0 atom stereocenters. The molecule has 2 aromatic rings. The van der Waals surface area contributed by atoms with Crippen LogP contribution in [0.25, 0.3) is 11.1 Å². The summed E-state index contributed by atoms with van der Waals surface area (Å²) < 4.78 is 1.71. The Morgan fingerprint density at radius 3 is 2.65 bits per heavy atom. The number of aryl methyl sites for hydroxylation is 2. The third-order valence-electron chi connectivity index (χ3n) is 4.22. The van der Waals surface area contributed by atoms with Crippen LogP contribution in [0.2, 0.25) is 0 Å². The van der Waals surface area contributed by atoms with Crippen LogP contribution in [-0.4, -0.2) is 18.2 Å². The Bertz CT molecular complexity index is 715. The van der Waals surface area contributed by atoms with Gasteiger partial charge in [0.1, 0.15) is 5.69 Å². The maximum atomic E-state index is 12.3. The first-order valence-corrected chi connectivity index (χ1v) is 7.15. The molecule has 0 fully saturated rings. The Balaban J connectivity index is 2.31. The molecular formula is C17H20N2O. The van der Waals surface area contributed by atoms with Crippen molar-refractivity contribution in [3.05, 3.63) is 51.9 Å². The number of hydrogen-bond acceptors (Lipinski definition) is 2. The lowest BCUT2D eigenvalue weighted by Gasteiger charge is -2.16. The van der Waals surface area contributed by atoms with Crippen molar-refractivity contribution in [3.63, 3.8) is 0 Å². The maximum Gasteiger partial charge on any atom is 0.274 e. The summed E-state index contributed by atoms with van der Waals surface area (Å²) in [5, 5.41) is 0. The molecule has 0 bridgehead atoms. The van der Waals surface area contributed by atoms with Crippen molar-refractivity contribution in [2.45, 2.75) is 19.8 Å². The molecule has 104 valence electrons. The van der Waals surface area contributed by atoms with E-state index in [0.29, 0.717) is 0 Å². The maximum absolute atomic E-state index is 12.3. The lowest BCUT2D eigenvalue weighted by molar-refractivity contribution is 0.854. The van der Waals surface area contributed by atoms with E-state index in [1.54, 1.807) is 4.57 Å². The number of nitrogens with zero attached hydrogens (tertiary/aromatic N) is 2. The molecule has 0 unspecified atom stereocenters. The normalized spacial score (nSPS) is 13.7. The van der Waals surface area contributed by atoms with Gasteiger partial charge in [0.2, 0.25) is 0 Å². The van der Waals surface area contributed by atoms with Crippen LogP contribution in [0.1, 0.15) is 18.1 Å². The summed E-state index contributed by atoms with van der Waals surface area (Å²) in [5.41, 5.74) is 5.99. The molecule has 1 aromatic heterocycles. The molecule has 3 heteroatoms. The average Bonchev–Trinajstić information content (AvgIpc) is 2.85. The highest BCUT2D eigenvalue weighted by molar-refractivity contribution is 5.77. The van der Waals surface area contributed by atoms with E-state index in [1.807, 2.05) is 20.3 Å². The third kappa shape index (κ3) is 1.85. The summed E-state index contributed by atoms with van der Waals surface area (Å²) in [5.74, 6) is 0. The van der Waals surface area contributed by atoms with Crippen molar-refractivity contribution >= 4 is 5.69 Å². The van der Waals surface area contributed by atoms with Gasteiger partial charge in [0.25, 0.3) is 5.56 Å². The Labute approximate surface area is 119 Å². The molecule has 1 aromatic carbocycles. The van der Waals surface area contributed by atoms with E-state index >= 15 is 0 Å². The fourth-order valence-corrected chi connectivity index (χ4v) is 3.12. The second kappa shape index (κ2) is 4.82. The van der Waals surface area contributed by atoms with E-state index in [0.717, 1.165) is 25.1 Å². The summed E-state index contributed by atoms with van der Waals surface area (Å²) in [6.07, 6.45) is 3.95. The summed E-state index contributed by atoms with van der Waals surface area (Å²) in [7, 11) is 3.84. The molecule has 3 rings (SSSR count). The van der Waals surface area contributed by atoms with E-state index in [9.17, 15) is 4.79 Å². The minimum Gasteiger partial charge on any atom is -0.370 e. The first-order valence-electron chi connectivity index (χ1n) is 7.15. The topological polar surface area (TPSA) is 25.2 Å². The monoisotopic (exact) mass is 268 g/mol. The molecule has 0 amide bonds. The van der Waals surface area contributed by atoms with Crippen LogP contribution in [0.5, 0.6) is 0 Å². The molecule has 1 aliphatic heterocycles. The quantitative estimate of drug-likeness (QED) is 0.836. The van der Waals surface area contributed by atoms with Crippen molar-refractivity contribution in [3.8, 4) is 11.1 Å². The minimum absolute atomic E-state index is 0.109. The van der Waals surface area contributed by atoms with Crippen molar-refractivity contribution in [2.75, 3.05) is 18.5 Å². The number of hydrogen-bond donors (Lipinski definition) is 0. The Hall–Kier alpha value is -2.03. The number of pyridine rings is 1. The van der Waals surface area contributed by atoms with E-state index < -0.39 is 0 Å². The molecule has 20 heavy (non-hydrogen) atoms. The van der Waals surface area contributed by atoms with Gasteiger partial charge >= 0.3 is 0 Å². The standard InChI is InChI=1S/C17H20N2O/c1-4-12-7-5-6-8-13(12)15-11-19(3)17(20)16-14(15)9-10-18(16)2/h5-8,11H,4,9-10H2,1-3H3. The van der Waals surface area contributed by atoms with Crippen LogP contribution < -0.4 is 10.5 Å². The zero-order valence-corrected chi connectivity index (χ0v) is 12.3. The number of aromatic nitrogens is 1. The second-order valence-corrected chi connectivity index (χ2v) is 5.47. The average molecular weight is 268 g/mol. The van der Waals surface area contributed by atoms with Crippen molar-refractivity contribution in [1.29, 1.82) is 0 Å². The van der Waals surface area contributed by atoms with E-state index in [2.05, 4.69) is 36.1 Å². The molecule has 0 saturated carbocycles. The summed E-state index contributed by atoms with van der Waals surface area (Å²) in [4.78, 5) is 14.4. The van der Waals surface area contributed by atoms with Gasteiger partial charge in [-0.25, -0.2) is 0 Å². The van der Waals surface area contributed by atoms with Crippen LogP contribution in [0.4, 0.5) is 5.69 Å². The highest BCUT2D eigenvalue weighted by Gasteiger charge is 2.24. The largest absolute Gasteiger partial charge is 0.370 e. The zero-order chi connectivity index (χ0) is 14.3. The first-order chi connectivity index (χ1) is 9.63. The van der Waals surface area contributed by atoms with Crippen molar-refractivity contribution in [2.24, 2.45) is 7.05 Å². The number of likely N-dealkylation sites (N-methyl/N-ethyl adjacent to an activating group) is 1. The van der Waals surface area contributed by atoms with Gasteiger partial charge in [-0.05, 0) is 29.5 Å². The van der Waals surface area contributed by atoms with Gasteiger partial charge < -0.3 is 9.47 Å². The van der Waals surface area contributed by atoms with E-state index in [1.165, 1.54) is 22.3 Å². The van der Waals surface area contributed by atoms with Crippen molar-refractivity contribution < 1.29 is 0 Å². The lowest BCUT2D eigenvalue weighted by atomic mass is 9.94. The van der Waals surface area contributed by atoms with Crippen LogP contribution in [0, 0.1) is 0 Å². The van der Waals surface area contributed by atoms with Gasteiger partial charge in [-0.3, -0.25) is 4.79 Å². The number of benzene rings is 1. The molecule has 0 aliphatic carbocycles. The third-order valence-corrected chi connectivity index (χ3v) is 4.22. The second-order valence-electron chi connectivity index (χ2n) is 5.47. The predicted octanol–water partition coefficient (Wildman–Crippen LogP) is 2.61. The van der Waals surface area contributed by atoms with Gasteiger partial charge in [-0.1, -0.05) is 31.2 Å². The van der Waals surface area contributed by atoms with Gasteiger partial charge in [-0.2, -0.15) is 0 Å². The fraction of sp³-hybridized carbons (Fsp3) is 0.353. The SMILES string of the molecule is CCc1ccccc1-c1cn(C)c(=O)c2c1CCN2C. The molecule has 0 N–H and O–H groups in total. The minimum atomic E-state index is 0.109. The van der Waals surface area contributed by atoms with Crippen LogP contribution >= 0.6 is 0 Å². The van der Waals surface area contributed by atoms with Crippen LogP contribution in [-0.2, 0) is 19.9 Å². The summed E-state index contributed by atoms with van der Waals surface area (Å²) in [6, 6.07) is 8.49. The predicted molar refractivity (Wildman–Crippen MR) is 83.5 cm³/mol. The Morgan fingerprint density at radius 1 is 1.15 bits per heavy atom. The van der Waals surface area contributed by atoms with Crippen molar-refractivity contribution in [1.82, 2.24) is 4.57 Å². The lowest BCUT2D eigenvalue weighted by Crippen LogP contribution is -2.25. The highest BCUT2D eigenvalue weighted by atomic mass is 16.1. The first kappa shape index (κ1) is 13.0. The van der Waals surface area contributed by atoms with E-state index in [4.69, 9.17) is 0 Å². The Morgan fingerprint density at radius 2 is 1.90 bits per heavy atom. The molecule has 1 aliphatic rings. The molecule has 2 heterocycles. The van der Waals surface area contributed by atoms with Gasteiger partial charge in [-0.15, -0.1) is 0 Å². The molecule has 3 nitrogen and oxygen atoms in total. The molecule has 0 saturated heterocycles. The van der Waals surface area contributed by atoms with Gasteiger partial charge in [0, 0.05) is 32.4 Å². The number of fused-ring (bicyclic) bond motifs is 1. The molecular weight excluding hydrogens is 248 g/mol. The zero-order valence-electron chi connectivity index (χ0n) is 12.3. The smallest absolute Gasteiger partial charge is 0.274 e.